The largest absolute Gasteiger partial charge is 0.365 e. The third-order valence-electron chi connectivity index (χ3n) is 5.13. The highest BCUT2D eigenvalue weighted by atomic mass is 32.2. The van der Waals surface area contributed by atoms with E-state index in [0.717, 1.165) is 6.26 Å². The number of carbonyl (C=O) groups excluding carboxylic acids is 2. The van der Waals surface area contributed by atoms with Crippen LogP contribution in [0.1, 0.15) is 16.1 Å². The number of nitrogens with zero attached hydrogens (tertiary/aromatic N) is 3. The fourth-order valence-electron chi connectivity index (χ4n) is 3.59. The predicted octanol–water partition coefficient (Wildman–Crippen LogP) is 2.24. The van der Waals surface area contributed by atoms with Crippen molar-refractivity contribution >= 4 is 27.5 Å². The molecule has 1 aliphatic heterocycles. The third-order valence-corrected chi connectivity index (χ3v) is 6.24. The summed E-state index contributed by atoms with van der Waals surface area (Å²) in [6.45, 7) is 0.660. The van der Waals surface area contributed by atoms with Crippen LogP contribution in [0.2, 0.25) is 0 Å². The van der Waals surface area contributed by atoms with Crippen molar-refractivity contribution in [1.29, 1.82) is 0 Å². The van der Waals surface area contributed by atoms with Crippen molar-refractivity contribution in [2.45, 2.75) is 18.0 Å². The number of amides is 3. The van der Waals surface area contributed by atoms with Crippen molar-refractivity contribution in [1.82, 2.24) is 14.7 Å². The second kappa shape index (κ2) is 8.08. The molecule has 0 aliphatic carbocycles. The molecule has 2 heterocycles. The maximum absolute atomic E-state index is 13.7. The molecule has 0 saturated heterocycles. The van der Waals surface area contributed by atoms with E-state index in [1.165, 1.54) is 41.3 Å². The maximum Gasteiger partial charge on any atom is 0.322 e. The molecule has 0 atom stereocenters. The highest BCUT2D eigenvalue weighted by Crippen LogP contribution is 2.29. The minimum absolute atomic E-state index is 0.0538. The zero-order chi connectivity index (χ0) is 23.0. The quantitative estimate of drug-likeness (QED) is 0.621. The molecular formula is C21H20FN5O4S. The fraction of sp³-hybridized carbons (Fsp3) is 0.190. The molecule has 2 aromatic carbocycles. The second-order valence-electron chi connectivity index (χ2n) is 7.42. The minimum Gasteiger partial charge on any atom is -0.365 e. The monoisotopic (exact) mass is 457 g/mol. The van der Waals surface area contributed by atoms with Crippen LogP contribution in [0.4, 0.5) is 14.9 Å². The van der Waals surface area contributed by atoms with Gasteiger partial charge in [0.1, 0.15) is 11.5 Å². The van der Waals surface area contributed by atoms with Gasteiger partial charge in [-0.15, -0.1) is 0 Å². The Balaban J connectivity index is 1.61. The maximum atomic E-state index is 13.7. The van der Waals surface area contributed by atoms with Gasteiger partial charge in [-0.05, 0) is 30.3 Å². The summed E-state index contributed by atoms with van der Waals surface area (Å²) < 4.78 is 38.8. The van der Waals surface area contributed by atoms with E-state index in [1.807, 2.05) is 0 Å². The SMILES string of the molecule is CS(=O)(=O)c1cccc(NC(=O)N2CCn3nc(-c4cccc(F)c4)c(C(N)=O)c3C2)c1. The number of aromatic nitrogens is 2. The molecule has 0 spiro atoms. The summed E-state index contributed by atoms with van der Waals surface area (Å²) in [5.41, 5.74) is 7.18. The first-order chi connectivity index (χ1) is 15.1. The molecule has 3 aromatic rings. The van der Waals surface area contributed by atoms with Gasteiger partial charge in [-0.3, -0.25) is 9.48 Å². The zero-order valence-electron chi connectivity index (χ0n) is 17.1. The average molecular weight is 457 g/mol. The van der Waals surface area contributed by atoms with Crippen molar-refractivity contribution in [3.8, 4) is 11.3 Å². The van der Waals surface area contributed by atoms with Crippen molar-refractivity contribution in [3.05, 3.63) is 65.6 Å². The van der Waals surface area contributed by atoms with Gasteiger partial charge in [0.15, 0.2) is 9.84 Å². The number of sulfone groups is 1. The average Bonchev–Trinajstić information content (AvgIpc) is 3.12. The molecule has 11 heteroatoms. The third kappa shape index (κ3) is 4.19. The summed E-state index contributed by atoms with van der Waals surface area (Å²) in [7, 11) is -3.42. The Hall–Kier alpha value is -3.73. The van der Waals surface area contributed by atoms with Gasteiger partial charge >= 0.3 is 6.03 Å². The van der Waals surface area contributed by atoms with Gasteiger partial charge in [0.2, 0.25) is 0 Å². The molecule has 0 bridgehead atoms. The molecule has 0 saturated carbocycles. The van der Waals surface area contributed by atoms with Crippen LogP contribution >= 0.6 is 0 Å². The normalized spacial score (nSPS) is 13.5. The molecule has 0 fully saturated rings. The summed E-state index contributed by atoms with van der Waals surface area (Å²) >= 11 is 0. The first-order valence-electron chi connectivity index (χ1n) is 9.65. The van der Waals surface area contributed by atoms with Crippen molar-refractivity contribution in [3.63, 3.8) is 0 Å². The van der Waals surface area contributed by atoms with Gasteiger partial charge in [0, 0.05) is 24.1 Å². The van der Waals surface area contributed by atoms with Crippen LogP contribution in [0.3, 0.4) is 0 Å². The summed E-state index contributed by atoms with van der Waals surface area (Å²) in [5.74, 6) is -1.20. The number of anilines is 1. The number of nitrogens with two attached hydrogens (primary N) is 1. The van der Waals surface area contributed by atoms with Crippen molar-refractivity contribution < 1.29 is 22.4 Å². The van der Waals surface area contributed by atoms with E-state index in [9.17, 15) is 22.4 Å². The molecular weight excluding hydrogens is 437 g/mol. The molecule has 4 rings (SSSR count). The number of benzene rings is 2. The van der Waals surface area contributed by atoms with E-state index in [-0.39, 0.29) is 22.7 Å². The number of hydrogen-bond donors (Lipinski definition) is 2. The van der Waals surface area contributed by atoms with Crippen molar-refractivity contribution in [2.24, 2.45) is 5.73 Å². The number of urea groups is 1. The van der Waals surface area contributed by atoms with Crippen LogP contribution in [0.5, 0.6) is 0 Å². The molecule has 1 aliphatic rings. The van der Waals surface area contributed by atoms with E-state index in [4.69, 9.17) is 5.73 Å². The topological polar surface area (TPSA) is 127 Å². The Morgan fingerprint density at radius 1 is 1.12 bits per heavy atom. The first kappa shape index (κ1) is 21.5. The minimum atomic E-state index is -3.42. The van der Waals surface area contributed by atoms with Crippen LogP contribution < -0.4 is 11.1 Å². The summed E-state index contributed by atoms with van der Waals surface area (Å²) in [4.78, 5) is 26.6. The highest BCUT2D eigenvalue weighted by molar-refractivity contribution is 7.90. The Labute approximate surface area is 183 Å². The van der Waals surface area contributed by atoms with E-state index >= 15 is 0 Å². The van der Waals surface area contributed by atoms with Gasteiger partial charge in [-0.1, -0.05) is 18.2 Å². The summed E-state index contributed by atoms with van der Waals surface area (Å²) in [5, 5.41) is 7.10. The lowest BCUT2D eigenvalue weighted by Gasteiger charge is -2.28. The number of rotatable bonds is 4. The summed E-state index contributed by atoms with van der Waals surface area (Å²) in [6, 6.07) is 11.2. The van der Waals surface area contributed by atoms with Crippen LogP contribution in [-0.4, -0.2) is 47.8 Å². The zero-order valence-corrected chi connectivity index (χ0v) is 17.9. The fourth-order valence-corrected chi connectivity index (χ4v) is 4.26. The van der Waals surface area contributed by atoms with Gasteiger partial charge in [-0.2, -0.15) is 5.10 Å². The molecule has 0 unspecified atom stereocenters. The van der Waals surface area contributed by atoms with Crippen LogP contribution in [0.25, 0.3) is 11.3 Å². The van der Waals surface area contributed by atoms with Crippen molar-refractivity contribution in [2.75, 3.05) is 18.1 Å². The van der Waals surface area contributed by atoms with Gasteiger partial charge in [0.05, 0.1) is 29.2 Å². The number of carbonyl (C=O) groups is 2. The van der Waals surface area contributed by atoms with Gasteiger partial charge < -0.3 is 16.0 Å². The highest BCUT2D eigenvalue weighted by Gasteiger charge is 2.29. The molecule has 9 nitrogen and oxygen atoms in total. The molecule has 32 heavy (non-hydrogen) atoms. The smallest absolute Gasteiger partial charge is 0.322 e. The lowest BCUT2D eigenvalue weighted by molar-refractivity contribution is 0.0997. The van der Waals surface area contributed by atoms with E-state index in [1.54, 1.807) is 16.8 Å². The molecule has 3 N–H and O–H groups in total. The number of hydrogen-bond acceptors (Lipinski definition) is 5. The number of fused-ring (bicyclic) bond motifs is 1. The Kier molecular flexibility index (Phi) is 5.43. The number of primary amides is 1. The second-order valence-corrected chi connectivity index (χ2v) is 9.44. The first-order valence-corrected chi connectivity index (χ1v) is 11.5. The van der Waals surface area contributed by atoms with Crippen LogP contribution in [0.15, 0.2) is 53.4 Å². The predicted molar refractivity (Wildman–Crippen MR) is 115 cm³/mol. The number of halogens is 1. The molecule has 0 radical (unpaired) electrons. The Bertz CT molecular complexity index is 1340. The van der Waals surface area contributed by atoms with E-state index < -0.39 is 27.6 Å². The molecule has 166 valence electrons. The lowest BCUT2D eigenvalue weighted by atomic mass is 10.0. The van der Waals surface area contributed by atoms with Gasteiger partial charge in [0.25, 0.3) is 5.91 Å². The van der Waals surface area contributed by atoms with E-state index in [0.29, 0.717) is 30.0 Å². The Morgan fingerprint density at radius 2 is 1.88 bits per heavy atom. The lowest BCUT2D eigenvalue weighted by Crippen LogP contribution is -2.41. The van der Waals surface area contributed by atoms with Crippen LogP contribution in [0, 0.1) is 5.82 Å². The van der Waals surface area contributed by atoms with Crippen LogP contribution in [-0.2, 0) is 22.9 Å². The van der Waals surface area contributed by atoms with Gasteiger partial charge in [-0.25, -0.2) is 17.6 Å². The Morgan fingerprint density at radius 3 is 2.56 bits per heavy atom. The summed E-state index contributed by atoms with van der Waals surface area (Å²) in [6.07, 6.45) is 1.08. The molecule has 3 amide bonds. The standard InChI is InChI=1S/C21H20FN5O4S/c1-32(30,31)16-7-3-6-15(11-16)24-21(29)26-8-9-27-17(12-26)18(20(23)28)19(25-27)13-4-2-5-14(22)10-13/h2-7,10-11H,8-9,12H2,1H3,(H2,23,28)(H,24,29). The van der Waals surface area contributed by atoms with E-state index in [2.05, 4.69) is 10.4 Å². The molecule has 1 aromatic heterocycles. The number of nitrogens with one attached hydrogen (secondary N) is 1.